The maximum absolute atomic E-state index is 11.8. The average Bonchev–Trinajstić information content (AvgIpc) is 3.09. The second-order valence-electron chi connectivity index (χ2n) is 6.33. The van der Waals surface area contributed by atoms with E-state index in [4.69, 9.17) is 4.42 Å². The van der Waals surface area contributed by atoms with Crippen LogP contribution in [0.25, 0.3) is 5.57 Å². The molecule has 0 spiro atoms. The minimum absolute atomic E-state index is 0.188. The minimum atomic E-state index is -3.36. The molecule has 2 heterocycles. The Hall–Kier alpha value is -3.46. The summed E-state index contributed by atoms with van der Waals surface area (Å²) in [5.74, 6) is 0.00406. The van der Waals surface area contributed by atoms with Crippen LogP contribution in [-0.2, 0) is 14.8 Å². The van der Waals surface area contributed by atoms with Gasteiger partial charge in [0.25, 0.3) is 11.9 Å². The third-order valence-corrected chi connectivity index (χ3v) is 4.70. The highest BCUT2D eigenvalue weighted by atomic mass is 32.2. The van der Waals surface area contributed by atoms with Crippen molar-refractivity contribution in [2.75, 3.05) is 16.3 Å². The topological polar surface area (TPSA) is 114 Å². The van der Waals surface area contributed by atoms with Crippen molar-refractivity contribution in [3.63, 3.8) is 0 Å². The number of rotatable bonds is 5. The third kappa shape index (κ3) is 3.94. The van der Waals surface area contributed by atoms with Crippen molar-refractivity contribution in [1.82, 2.24) is 4.98 Å². The maximum Gasteiger partial charge on any atom is 0.299 e. The molecule has 1 aliphatic carbocycles. The largest absolute Gasteiger partial charge is 0.423 e. The molecule has 1 aliphatic heterocycles. The second kappa shape index (κ2) is 6.93. The first kappa shape index (κ1) is 17.9. The zero-order valence-corrected chi connectivity index (χ0v) is 15.6. The molecule has 1 aromatic carbocycles. The molecule has 28 heavy (non-hydrogen) atoms. The monoisotopic (exact) mass is 396 g/mol. The Morgan fingerprint density at radius 1 is 1.21 bits per heavy atom. The second-order valence-corrected chi connectivity index (χ2v) is 8.08. The molecule has 1 atom stereocenters. The number of aromatic nitrogens is 1. The lowest BCUT2D eigenvalue weighted by molar-refractivity contribution is -0.119. The van der Waals surface area contributed by atoms with Crippen LogP contribution in [-0.4, -0.2) is 31.8 Å². The molecule has 9 heteroatoms. The predicted molar refractivity (Wildman–Crippen MR) is 107 cm³/mol. The number of anilines is 3. The third-order valence-electron chi connectivity index (χ3n) is 4.09. The molecule has 0 saturated heterocycles. The van der Waals surface area contributed by atoms with Crippen LogP contribution in [0.1, 0.15) is 5.76 Å². The number of hydrogen-bond donors (Lipinski definition) is 2. The molecule has 2 aliphatic rings. The molecule has 0 bridgehead atoms. The number of nitrogens with zero attached hydrogens (tertiary/aromatic N) is 2. The van der Waals surface area contributed by atoms with E-state index >= 15 is 0 Å². The number of hydrogen-bond acceptors (Lipinski definition) is 6. The number of oxazole rings is 1. The Kier molecular flexibility index (Phi) is 4.44. The number of carbonyl (C=O) groups excluding carboxylic acids is 1. The Bertz CT molecular complexity index is 1170. The summed E-state index contributed by atoms with van der Waals surface area (Å²) in [5, 5.41) is 3.00. The van der Waals surface area contributed by atoms with Gasteiger partial charge in [0.15, 0.2) is 5.76 Å². The number of nitrogens with one attached hydrogen (secondary N) is 2. The number of carbonyl (C=O) groups is 1. The fourth-order valence-corrected chi connectivity index (χ4v) is 3.45. The van der Waals surface area contributed by atoms with Crippen molar-refractivity contribution in [3.05, 3.63) is 66.1 Å². The van der Waals surface area contributed by atoms with Gasteiger partial charge in [-0.3, -0.25) is 9.52 Å². The molecule has 0 fully saturated rings. The molecule has 8 nitrogen and oxygen atoms in total. The fourth-order valence-electron chi connectivity index (χ4n) is 2.90. The smallest absolute Gasteiger partial charge is 0.299 e. The summed E-state index contributed by atoms with van der Waals surface area (Å²) in [4.78, 5) is 19.8. The van der Waals surface area contributed by atoms with Gasteiger partial charge < -0.3 is 9.73 Å². The summed E-state index contributed by atoms with van der Waals surface area (Å²) >= 11 is 0. The highest BCUT2D eigenvalue weighted by Crippen LogP contribution is 2.31. The van der Waals surface area contributed by atoms with Gasteiger partial charge in [-0.25, -0.2) is 18.4 Å². The summed E-state index contributed by atoms with van der Waals surface area (Å²) in [6.45, 7) is 0. The fraction of sp³-hybridized carbons (Fsp3) is 0.105. The van der Waals surface area contributed by atoms with Gasteiger partial charge in [0, 0.05) is 17.5 Å². The van der Waals surface area contributed by atoms with Crippen LogP contribution in [0.2, 0.25) is 0 Å². The number of fused-ring (bicyclic) bond motifs is 1. The molecule has 1 unspecified atom stereocenters. The van der Waals surface area contributed by atoms with E-state index in [0.29, 0.717) is 17.1 Å². The van der Waals surface area contributed by atoms with E-state index in [1.807, 2.05) is 12.2 Å². The van der Waals surface area contributed by atoms with Crippen molar-refractivity contribution in [3.8, 4) is 0 Å². The van der Waals surface area contributed by atoms with E-state index in [1.54, 1.807) is 42.6 Å². The van der Waals surface area contributed by atoms with E-state index in [0.717, 1.165) is 17.4 Å². The summed E-state index contributed by atoms with van der Waals surface area (Å²) in [7, 11) is -3.36. The molecule has 0 saturated carbocycles. The number of amides is 1. The van der Waals surface area contributed by atoms with Gasteiger partial charge in [0.1, 0.15) is 0 Å². The Morgan fingerprint density at radius 2 is 2.04 bits per heavy atom. The number of allylic oxidation sites excluding steroid dienone is 4. The van der Waals surface area contributed by atoms with Crippen LogP contribution in [0.4, 0.5) is 17.4 Å². The van der Waals surface area contributed by atoms with Crippen molar-refractivity contribution in [2.24, 2.45) is 10.9 Å². The van der Waals surface area contributed by atoms with Gasteiger partial charge in [-0.2, -0.15) is 0 Å². The van der Waals surface area contributed by atoms with Crippen molar-refractivity contribution < 1.29 is 17.6 Å². The summed E-state index contributed by atoms with van der Waals surface area (Å²) < 4.78 is 30.9. The molecular weight excluding hydrogens is 380 g/mol. The van der Waals surface area contributed by atoms with Gasteiger partial charge in [-0.15, -0.1) is 0 Å². The number of aliphatic imine (C=N–C) groups is 1. The van der Waals surface area contributed by atoms with Gasteiger partial charge in [-0.1, -0.05) is 18.2 Å². The average molecular weight is 396 g/mol. The van der Waals surface area contributed by atoms with Gasteiger partial charge in [-0.05, 0) is 35.9 Å². The molecule has 0 radical (unpaired) electrons. The molecule has 1 aromatic heterocycles. The molecule has 2 aromatic rings. The first-order valence-corrected chi connectivity index (χ1v) is 10.3. The molecular formula is C19H16N4O4S. The lowest BCUT2D eigenvalue weighted by atomic mass is 9.89. The van der Waals surface area contributed by atoms with E-state index in [1.165, 1.54) is 6.21 Å². The number of dihydropyridines is 1. The lowest BCUT2D eigenvalue weighted by Crippen LogP contribution is -2.17. The van der Waals surface area contributed by atoms with E-state index in [9.17, 15) is 13.2 Å². The highest BCUT2D eigenvalue weighted by Gasteiger charge is 2.24. The minimum Gasteiger partial charge on any atom is -0.423 e. The normalized spacial score (nSPS) is 18.3. The zero-order valence-electron chi connectivity index (χ0n) is 14.8. The van der Waals surface area contributed by atoms with E-state index < -0.39 is 10.0 Å². The van der Waals surface area contributed by atoms with Crippen LogP contribution in [0.3, 0.4) is 0 Å². The highest BCUT2D eigenvalue weighted by molar-refractivity contribution is 7.92. The quantitative estimate of drug-likeness (QED) is 0.803. The Morgan fingerprint density at radius 3 is 2.86 bits per heavy atom. The van der Waals surface area contributed by atoms with Gasteiger partial charge in [0.05, 0.1) is 24.1 Å². The summed E-state index contributed by atoms with van der Waals surface area (Å²) in [5.41, 5.74) is 2.69. The van der Waals surface area contributed by atoms with E-state index in [2.05, 4.69) is 20.0 Å². The first-order valence-electron chi connectivity index (χ1n) is 8.36. The van der Waals surface area contributed by atoms with Crippen LogP contribution in [0.5, 0.6) is 0 Å². The SMILES string of the molecule is CS(=O)(=O)Nc1cccc(Nc2ncc(C3=CC4=CC=NC(=O)C4C=C3)o2)c1. The van der Waals surface area contributed by atoms with Crippen molar-refractivity contribution in [1.29, 1.82) is 0 Å². The van der Waals surface area contributed by atoms with Crippen molar-refractivity contribution in [2.45, 2.75) is 0 Å². The van der Waals surface area contributed by atoms with Crippen molar-refractivity contribution >= 4 is 45.1 Å². The van der Waals surface area contributed by atoms with Crippen LogP contribution in [0, 0.1) is 5.92 Å². The predicted octanol–water partition coefficient (Wildman–Crippen LogP) is 2.90. The molecule has 4 rings (SSSR count). The van der Waals surface area contributed by atoms with Crippen LogP contribution < -0.4 is 10.0 Å². The first-order chi connectivity index (χ1) is 13.4. The molecule has 2 N–H and O–H groups in total. The van der Waals surface area contributed by atoms with Gasteiger partial charge >= 0.3 is 0 Å². The van der Waals surface area contributed by atoms with Crippen LogP contribution in [0.15, 0.2) is 69.7 Å². The van der Waals surface area contributed by atoms with Gasteiger partial charge in [0.2, 0.25) is 10.0 Å². The summed E-state index contributed by atoms with van der Waals surface area (Å²) in [6, 6.07) is 7.01. The maximum atomic E-state index is 11.8. The Balaban J connectivity index is 1.52. The zero-order chi connectivity index (χ0) is 19.7. The summed E-state index contributed by atoms with van der Waals surface area (Å²) in [6.07, 6.45) is 11.4. The van der Waals surface area contributed by atoms with Crippen LogP contribution >= 0.6 is 0 Å². The number of benzene rings is 1. The Labute approximate surface area is 161 Å². The standard InChI is InChI=1S/C19H16N4O4S/c1-28(25,26)23-15-4-2-3-14(10-15)22-19-21-11-17(27-19)13-5-6-16-12(9-13)7-8-20-18(16)24/h2-11,16,23H,1H3,(H,21,22). The number of sulfonamides is 1. The van der Waals surface area contributed by atoms with E-state index in [-0.39, 0.29) is 17.8 Å². The molecule has 1 amide bonds. The lowest BCUT2D eigenvalue weighted by Gasteiger charge is -2.17. The molecule has 142 valence electrons.